The second-order valence-corrected chi connectivity index (χ2v) is 4.84. The zero-order valence-corrected chi connectivity index (χ0v) is 10.7. The van der Waals surface area contributed by atoms with Gasteiger partial charge < -0.3 is 14.8 Å². The summed E-state index contributed by atoms with van der Waals surface area (Å²) >= 11 is 0. The van der Waals surface area contributed by atoms with Crippen LogP contribution in [0.3, 0.4) is 0 Å². The van der Waals surface area contributed by atoms with Crippen molar-refractivity contribution < 1.29 is 9.84 Å². The minimum Gasteiger partial charge on any atom is -0.391 e. The van der Waals surface area contributed by atoms with Gasteiger partial charge in [-0.1, -0.05) is 19.3 Å². The van der Waals surface area contributed by atoms with E-state index in [0.29, 0.717) is 11.7 Å². The summed E-state index contributed by atoms with van der Waals surface area (Å²) in [5.41, 5.74) is 0.0117. The van der Waals surface area contributed by atoms with E-state index in [-0.39, 0.29) is 23.8 Å². The third kappa shape index (κ3) is 2.79. The zero-order valence-electron chi connectivity index (χ0n) is 10.7. The summed E-state index contributed by atoms with van der Waals surface area (Å²) in [7, 11) is 1.65. The topological polar surface area (TPSA) is 75.2 Å². The molecule has 1 heterocycles. The van der Waals surface area contributed by atoms with Crippen molar-refractivity contribution in [1.82, 2.24) is 9.97 Å². The number of ether oxygens (including phenoxy) is 1. The fourth-order valence-corrected chi connectivity index (χ4v) is 2.66. The quantitative estimate of drug-likeness (QED) is 0.852. The standard InChI is InChI=1S/C13H20N2O3/c1-18-11(9-5-3-2-4-6-9)12-14-7-10(8-16)13(17)15-12/h7,9,11,16H,2-6,8H2,1H3,(H,14,15,17). The molecule has 0 aliphatic heterocycles. The highest BCUT2D eigenvalue weighted by Crippen LogP contribution is 2.34. The molecule has 0 spiro atoms. The van der Waals surface area contributed by atoms with Gasteiger partial charge in [0.05, 0.1) is 12.2 Å². The lowest BCUT2D eigenvalue weighted by atomic mass is 9.85. The maximum absolute atomic E-state index is 11.7. The highest BCUT2D eigenvalue weighted by Gasteiger charge is 2.26. The summed E-state index contributed by atoms with van der Waals surface area (Å²) in [6.07, 6.45) is 7.22. The van der Waals surface area contributed by atoms with E-state index in [0.717, 1.165) is 12.8 Å². The Labute approximate surface area is 106 Å². The SMILES string of the molecule is COC(c1ncc(CO)c(=O)[nH]1)C1CCCCC1. The van der Waals surface area contributed by atoms with Gasteiger partial charge in [0.25, 0.3) is 5.56 Å². The van der Waals surface area contributed by atoms with Gasteiger partial charge in [0.2, 0.25) is 0 Å². The molecule has 18 heavy (non-hydrogen) atoms. The lowest BCUT2D eigenvalue weighted by Gasteiger charge is -2.28. The summed E-state index contributed by atoms with van der Waals surface area (Å²) in [5, 5.41) is 8.96. The van der Waals surface area contributed by atoms with Gasteiger partial charge in [0.1, 0.15) is 11.9 Å². The van der Waals surface area contributed by atoms with Crippen molar-refractivity contribution in [3.8, 4) is 0 Å². The number of nitrogens with zero attached hydrogens (tertiary/aromatic N) is 1. The molecular weight excluding hydrogens is 232 g/mol. The van der Waals surface area contributed by atoms with Crippen LogP contribution in [0.1, 0.15) is 49.6 Å². The first-order chi connectivity index (χ1) is 8.76. The van der Waals surface area contributed by atoms with Gasteiger partial charge in [-0.25, -0.2) is 4.98 Å². The number of H-pyrrole nitrogens is 1. The Balaban J connectivity index is 2.21. The molecule has 100 valence electrons. The first-order valence-corrected chi connectivity index (χ1v) is 6.48. The summed E-state index contributed by atoms with van der Waals surface area (Å²) in [4.78, 5) is 18.6. The van der Waals surface area contributed by atoms with E-state index >= 15 is 0 Å². The van der Waals surface area contributed by atoms with Crippen LogP contribution in [0, 0.1) is 5.92 Å². The average Bonchev–Trinajstić information content (AvgIpc) is 2.41. The van der Waals surface area contributed by atoms with Gasteiger partial charge in [-0.15, -0.1) is 0 Å². The Bertz CT molecular complexity index is 438. The zero-order chi connectivity index (χ0) is 13.0. The Morgan fingerprint density at radius 3 is 2.78 bits per heavy atom. The molecule has 1 unspecified atom stereocenters. The Kier molecular flexibility index (Phi) is 4.49. The predicted octanol–water partition coefficient (Wildman–Crippen LogP) is 1.53. The molecule has 0 bridgehead atoms. The van der Waals surface area contributed by atoms with Gasteiger partial charge >= 0.3 is 0 Å². The van der Waals surface area contributed by atoms with Gasteiger partial charge in [0, 0.05) is 13.3 Å². The third-order valence-corrected chi connectivity index (χ3v) is 3.66. The van der Waals surface area contributed by atoms with Crippen LogP contribution in [0.4, 0.5) is 0 Å². The fraction of sp³-hybridized carbons (Fsp3) is 0.692. The molecule has 1 aromatic heterocycles. The number of methoxy groups -OCH3 is 1. The molecule has 0 radical (unpaired) electrons. The molecule has 1 aromatic rings. The van der Waals surface area contributed by atoms with Crippen LogP contribution in [0.5, 0.6) is 0 Å². The van der Waals surface area contributed by atoms with Crippen LogP contribution in [-0.2, 0) is 11.3 Å². The molecule has 5 heteroatoms. The first-order valence-electron chi connectivity index (χ1n) is 6.48. The first kappa shape index (κ1) is 13.2. The van der Waals surface area contributed by atoms with Crippen LogP contribution in [0.15, 0.2) is 11.0 Å². The predicted molar refractivity (Wildman–Crippen MR) is 67.1 cm³/mol. The van der Waals surface area contributed by atoms with E-state index in [2.05, 4.69) is 9.97 Å². The molecule has 1 fully saturated rings. The summed E-state index contributed by atoms with van der Waals surface area (Å²) < 4.78 is 5.51. The molecule has 0 saturated heterocycles. The minimum atomic E-state index is -0.288. The van der Waals surface area contributed by atoms with Crippen LogP contribution >= 0.6 is 0 Å². The van der Waals surface area contributed by atoms with Crippen molar-refractivity contribution in [2.45, 2.75) is 44.8 Å². The van der Waals surface area contributed by atoms with E-state index in [9.17, 15) is 4.79 Å². The summed E-state index contributed by atoms with van der Waals surface area (Å²) in [5.74, 6) is 0.999. The maximum atomic E-state index is 11.7. The molecule has 1 saturated carbocycles. The molecule has 1 atom stereocenters. The monoisotopic (exact) mass is 252 g/mol. The van der Waals surface area contributed by atoms with Crippen molar-refractivity contribution in [3.63, 3.8) is 0 Å². The van der Waals surface area contributed by atoms with E-state index in [4.69, 9.17) is 9.84 Å². The van der Waals surface area contributed by atoms with Crippen molar-refractivity contribution in [3.05, 3.63) is 27.9 Å². The number of hydrogen-bond donors (Lipinski definition) is 2. The molecule has 5 nitrogen and oxygen atoms in total. The number of rotatable bonds is 4. The van der Waals surface area contributed by atoms with E-state index < -0.39 is 0 Å². The van der Waals surface area contributed by atoms with Gasteiger partial charge in [-0.05, 0) is 18.8 Å². The average molecular weight is 252 g/mol. The molecule has 1 aliphatic rings. The Morgan fingerprint density at radius 2 is 2.22 bits per heavy atom. The van der Waals surface area contributed by atoms with E-state index in [1.54, 1.807) is 7.11 Å². The van der Waals surface area contributed by atoms with E-state index in [1.807, 2.05) is 0 Å². The van der Waals surface area contributed by atoms with Gasteiger partial charge in [-0.2, -0.15) is 0 Å². The largest absolute Gasteiger partial charge is 0.391 e. The lowest BCUT2D eigenvalue weighted by Crippen LogP contribution is -2.24. The summed E-state index contributed by atoms with van der Waals surface area (Å²) in [6.45, 7) is -0.288. The number of aliphatic hydroxyl groups excluding tert-OH is 1. The molecule has 0 aromatic carbocycles. The third-order valence-electron chi connectivity index (χ3n) is 3.66. The van der Waals surface area contributed by atoms with Crippen LogP contribution in [-0.4, -0.2) is 22.2 Å². The van der Waals surface area contributed by atoms with Crippen LogP contribution in [0.2, 0.25) is 0 Å². The molecule has 2 N–H and O–H groups in total. The number of nitrogens with one attached hydrogen (secondary N) is 1. The van der Waals surface area contributed by atoms with Crippen molar-refractivity contribution in [2.24, 2.45) is 5.92 Å². The molecule has 0 amide bonds. The van der Waals surface area contributed by atoms with Crippen molar-refractivity contribution in [1.29, 1.82) is 0 Å². The lowest BCUT2D eigenvalue weighted by molar-refractivity contribution is 0.0286. The molecule has 1 aliphatic carbocycles. The second kappa shape index (κ2) is 6.11. The number of aromatic amines is 1. The minimum absolute atomic E-state index is 0.147. The Morgan fingerprint density at radius 1 is 1.50 bits per heavy atom. The van der Waals surface area contributed by atoms with Crippen LogP contribution in [0.25, 0.3) is 0 Å². The number of aromatic nitrogens is 2. The Hall–Kier alpha value is -1.20. The maximum Gasteiger partial charge on any atom is 0.256 e. The van der Waals surface area contributed by atoms with Crippen molar-refractivity contribution in [2.75, 3.05) is 7.11 Å². The molecular formula is C13H20N2O3. The smallest absolute Gasteiger partial charge is 0.256 e. The second-order valence-electron chi connectivity index (χ2n) is 4.84. The van der Waals surface area contributed by atoms with Crippen molar-refractivity contribution >= 4 is 0 Å². The summed E-state index contributed by atoms with van der Waals surface area (Å²) in [6, 6.07) is 0. The molecule has 2 rings (SSSR count). The van der Waals surface area contributed by atoms with Gasteiger partial charge in [-0.3, -0.25) is 4.79 Å². The van der Waals surface area contributed by atoms with Crippen LogP contribution < -0.4 is 5.56 Å². The fourth-order valence-electron chi connectivity index (χ4n) is 2.66. The number of aliphatic hydroxyl groups is 1. The highest BCUT2D eigenvalue weighted by atomic mass is 16.5. The normalized spacial score (nSPS) is 18.8. The van der Waals surface area contributed by atoms with E-state index in [1.165, 1.54) is 25.5 Å². The number of hydrogen-bond acceptors (Lipinski definition) is 4. The van der Waals surface area contributed by atoms with Gasteiger partial charge in [0.15, 0.2) is 0 Å². The highest BCUT2D eigenvalue weighted by molar-refractivity contribution is 5.06.